The first-order valence-electron chi connectivity index (χ1n) is 4.70. The molecule has 0 saturated heterocycles. The minimum atomic E-state index is -4.29. The van der Waals surface area contributed by atoms with Crippen LogP contribution in [-0.4, -0.2) is 14.9 Å². The van der Waals surface area contributed by atoms with E-state index in [2.05, 4.69) is 5.10 Å². The Morgan fingerprint density at radius 3 is 1.94 bits per heavy atom. The van der Waals surface area contributed by atoms with Gasteiger partial charge in [0.2, 0.25) is 0 Å². The summed E-state index contributed by atoms with van der Waals surface area (Å²) in [7, 11) is 1.25. The lowest BCUT2D eigenvalue weighted by Gasteiger charge is -2.04. The van der Waals surface area contributed by atoms with Gasteiger partial charge in [-0.2, -0.15) is 18.3 Å². The molecule has 0 unspecified atom stereocenters. The van der Waals surface area contributed by atoms with Crippen LogP contribution in [-0.2, 0) is 13.2 Å². The van der Waals surface area contributed by atoms with Crippen molar-refractivity contribution in [2.45, 2.75) is 6.18 Å². The summed E-state index contributed by atoms with van der Waals surface area (Å²) in [5.41, 5.74) is -0.729. The number of aryl methyl sites for hydroxylation is 1. The molecule has 0 aliphatic carbocycles. The number of nitrogens with zero attached hydrogens (tertiary/aromatic N) is 2. The van der Waals surface area contributed by atoms with Crippen LogP contribution in [0.3, 0.4) is 0 Å². The third-order valence-electron chi connectivity index (χ3n) is 1.87. The summed E-state index contributed by atoms with van der Waals surface area (Å²) in [6.07, 6.45) is -3.17. The molecule has 2 rings (SSSR count). The Morgan fingerprint density at radius 2 is 1.71 bits per heavy atom. The molecule has 0 spiro atoms. The fourth-order valence-corrected chi connectivity index (χ4v) is 1.08. The van der Waals surface area contributed by atoms with E-state index in [-0.39, 0.29) is 0 Å². The van der Waals surface area contributed by atoms with Crippen molar-refractivity contribution < 1.29 is 18.3 Å². The highest BCUT2D eigenvalue weighted by Crippen LogP contribution is 2.27. The van der Waals surface area contributed by atoms with Gasteiger partial charge in [-0.05, 0) is 18.2 Å². The van der Waals surface area contributed by atoms with Gasteiger partial charge >= 0.3 is 6.18 Å². The normalized spacial score (nSPS) is 10.6. The summed E-state index contributed by atoms with van der Waals surface area (Å²) in [6.45, 7) is 0. The van der Waals surface area contributed by atoms with Crippen molar-refractivity contribution in [3.8, 4) is 5.75 Å². The van der Waals surface area contributed by atoms with Gasteiger partial charge in [0.1, 0.15) is 11.4 Å². The van der Waals surface area contributed by atoms with Gasteiger partial charge in [0, 0.05) is 13.2 Å². The molecule has 1 aromatic heterocycles. The first-order valence-corrected chi connectivity index (χ1v) is 4.70. The fraction of sp³-hybridized carbons (Fsp3) is 0.182. The lowest BCUT2D eigenvalue weighted by atomic mass is 10.3. The number of aromatic hydroxyl groups is 1. The number of rotatable bonds is 0. The molecule has 0 aliphatic rings. The van der Waals surface area contributed by atoms with Crippen LogP contribution in [0.25, 0.3) is 0 Å². The lowest BCUT2D eigenvalue weighted by molar-refractivity contribution is -0.143. The van der Waals surface area contributed by atoms with Gasteiger partial charge < -0.3 is 5.11 Å². The van der Waals surface area contributed by atoms with Crippen LogP contribution in [0.15, 0.2) is 42.6 Å². The first-order chi connectivity index (χ1) is 7.91. The van der Waals surface area contributed by atoms with E-state index in [1.807, 2.05) is 6.07 Å². The van der Waals surface area contributed by atoms with Gasteiger partial charge in [-0.25, -0.2) is 0 Å². The zero-order chi connectivity index (χ0) is 12.9. The predicted octanol–water partition coefficient (Wildman–Crippen LogP) is 2.83. The highest BCUT2D eigenvalue weighted by atomic mass is 19.4. The average molecular weight is 244 g/mol. The van der Waals surface area contributed by atoms with Gasteiger partial charge in [0.25, 0.3) is 0 Å². The van der Waals surface area contributed by atoms with Crippen LogP contribution >= 0.6 is 0 Å². The number of para-hydroxylation sites is 1. The second-order valence-electron chi connectivity index (χ2n) is 3.17. The number of benzene rings is 1. The van der Waals surface area contributed by atoms with E-state index in [4.69, 9.17) is 5.11 Å². The van der Waals surface area contributed by atoms with Crippen molar-refractivity contribution >= 4 is 0 Å². The van der Waals surface area contributed by atoms with Crippen LogP contribution < -0.4 is 0 Å². The fourth-order valence-electron chi connectivity index (χ4n) is 1.08. The molecule has 0 atom stereocenters. The Labute approximate surface area is 96.1 Å². The van der Waals surface area contributed by atoms with Crippen LogP contribution in [0.4, 0.5) is 13.2 Å². The Morgan fingerprint density at radius 1 is 1.12 bits per heavy atom. The van der Waals surface area contributed by atoms with Gasteiger partial charge in [-0.15, -0.1) is 0 Å². The van der Waals surface area contributed by atoms with Gasteiger partial charge in [-0.3, -0.25) is 4.68 Å². The molecular weight excluding hydrogens is 233 g/mol. The number of hydrogen-bond donors (Lipinski definition) is 1. The Balaban J connectivity index is 0.000000181. The van der Waals surface area contributed by atoms with E-state index in [0.717, 1.165) is 16.9 Å². The van der Waals surface area contributed by atoms with Crippen molar-refractivity contribution in [3.63, 3.8) is 0 Å². The second-order valence-corrected chi connectivity index (χ2v) is 3.17. The van der Waals surface area contributed by atoms with Gasteiger partial charge in [-0.1, -0.05) is 18.2 Å². The lowest BCUT2D eigenvalue weighted by Crippen LogP contribution is -2.11. The van der Waals surface area contributed by atoms with Crippen molar-refractivity contribution in [1.29, 1.82) is 0 Å². The topological polar surface area (TPSA) is 38.0 Å². The minimum absolute atomic E-state index is 0.322. The third-order valence-corrected chi connectivity index (χ3v) is 1.87. The predicted molar refractivity (Wildman–Crippen MR) is 56.3 cm³/mol. The molecule has 0 saturated carbocycles. The Bertz CT molecular complexity index is 451. The van der Waals surface area contributed by atoms with Gasteiger partial charge in [0.05, 0.1) is 0 Å². The molecule has 0 bridgehead atoms. The molecule has 17 heavy (non-hydrogen) atoms. The molecule has 92 valence electrons. The molecule has 0 radical (unpaired) electrons. The van der Waals surface area contributed by atoms with Crippen molar-refractivity contribution in [3.05, 3.63) is 48.3 Å². The quantitative estimate of drug-likeness (QED) is 0.773. The van der Waals surface area contributed by atoms with Crippen molar-refractivity contribution in [2.24, 2.45) is 7.05 Å². The molecule has 3 nitrogen and oxygen atoms in total. The van der Waals surface area contributed by atoms with E-state index in [1.54, 1.807) is 24.3 Å². The smallest absolute Gasteiger partial charge is 0.433 e. The van der Waals surface area contributed by atoms with Crippen molar-refractivity contribution in [1.82, 2.24) is 9.78 Å². The highest BCUT2D eigenvalue weighted by molar-refractivity contribution is 5.18. The van der Waals surface area contributed by atoms with E-state index in [1.165, 1.54) is 7.05 Å². The molecule has 6 heteroatoms. The van der Waals surface area contributed by atoms with Crippen LogP contribution in [0.1, 0.15) is 5.69 Å². The average Bonchev–Trinajstić information content (AvgIpc) is 2.66. The number of hydrogen-bond acceptors (Lipinski definition) is 2. The monoisotopic (exact) mass is 244 g/mol. The molecule has 0 aliphatic heterocycles. The van der Waals surface area contributed by atoms with E-state index >= 15 is 0 Å². The van der Waals surface area contributed by atoms with Crippen molar-refractivity contribution in [2.75, 3.05) is 0 Å². The van der Waals surface area contributed by atoms with Crippen LogP contribution in [0.2, 0.25) is 0 Å². The molecule has 1 aromatic carbocycles. The maximum Gasteiger partial charge on any atom is 0.433 e. The maximum absolute atomic E-state index is 11.8. The Kier molecular flexibility index (Phi) is 4.14. The molecule has 1 N–H and O–H groups in total. The first kappa shape index (κ1) is 13.1. The Hall–Kier alpha value is -1.98. The van der Waals surface area contributed by atoms with Gasteiger partial charge in [0.15, 0.2) is 0 Å². The van der Waals surface area contributed by atoms with Crippen LogP contribution in [0, 0.1) is 0 Å². The van der Waals surface area contributed by atoms with Crippen LogP contribution in [0.5, 0.6) is 5.75 Å². The number of alkyl halides is 3. The zero-order valence-electron chi connectivity index (χ0n) is 9.02. The molecule has 0 fully saturated rings. The number of aromatic nitrogens is 2. The highest BCUT2D eigenvalue weighted by Gasteiger charge is 2.33. The SMILES string of the molecule is Cn1nccc1C(F)(F)F.Oc1ccccc1. The maximum atomic E-state index is 11.8. The zero-order valence-corrected chi connectivity index (χ0v) is 9.02. The summed E-state index contributed by atoms with van der Waals surface area (Å²) in [6, 6.07) is 9.64. The molecule has 1 heterocycles. The summed E-state index contributed by atoms with van der Waals surface area (Å²) < 4.78 is 36.3. The van der Waals surface area contributed by atoms with E-state index in [0.29, 0.717) is 5.75 Å². The minimum Gasteiger partial charge on any atom is -0.508 e. The standard InChI is InChI=1S/C6H6O.C5H5F3N2/c7-6-4-2-1-3-5-6;1-10-4(2-3-9-10)5(6,7)8/h1-5,7H;2-3H,1H3. The summed E-state index contributed by atoms with van der Waals surface area (Å²) in [5.74, 6) is 0.322. The summed E-state index contributed by atoms with van der Waals surface area (Å²) in [4.78, 5) is 0. The largest absolute Gasteiger partial charge is 0.508 e. The van der Waals surface area contributed by atoms with E-state index < -0.39 is 11.9 Å². The van der Waals surface area contributed by atoms with E-state index in [9.17, 15) is 13.2 Å². The summed E-state index contributed by atoms with van der Waals surface area (Å²) >= 11 is 0. The molecule has 2 aromatic rings. The number of phenolic OH excluding ortho intramolecular Hbond substituents is 1. The summed E-state index contributed by atoms with van der Waals surface area (Å²) in [5, 5.41) is 12.0. The molecular formula is C11H11F3N2O. The second kappa shape index (κ2) is 5.38. The number of halogens is 3. The molecule has 0 amide bonds. The third kappa shape index (κ3) is 4.18. The number of phenols is 1.